The summed E-state index contributed by atoms with van der Waals surface area (Å²) in [4.78, 5) is 10.0. The minimum absolute atomic E-state index is 0.729. The number of aldehydes is 1. The van der Waals surface area contributed by atoms with Crippen molar-refractivity contribution in [3.63, 3.8) is 0 Å². The third-order valence-electron chi connectivity index (χ3n) is 1.78. The smallest absolute Gasteiger partial charge is 0.150 e. The molecule has 2 rings (SSSR count). The number of morpholine rings is 1. The van der Waals surface area contributed by atoms with Gasteiger partial charge in [-0.15, -0.1) is 0 Å². The summed E-state index contributed by atoms with van der Waals surface area (Å²) in [6.45, 7) is 3.83. The van der Waals surface area contributed by atoms with Crippen molar-refractivity contribution >= 4 is 6.29 Å². The van der Waals surface area contributed by atoms with Crippen LogP contribution in [0.4, 0.5) is 0 Å². The lowest BCUT2D eigenvalue weighted by molar-refractivity contribution is 0.109. The number of nitrogens with one attached hydrogen (secondary N) is 1. The number of benzene rings is 1. The summed E-state index contributed by atoms with van der Waals surface area (Å²) >= 11 is 0. The Bertz CT molecular complexity index is 233. The van der Waals surface area contributed by atoms with Crippen LogP contribution in [0.15, 0.2) is 30.3 Å². The zero-order valence-corrected chi connectivity index (χ0v) is 8.11. The predicted molar refractivity (Wildman–Crippen MR) is 55.5 cm³/mol. The van der Waals surface area contributed by atoms with Crippen molar-refractivity contribution in [2.75, 3.05) is 26.3 Å². The Labute approximate surface area is 84.1 Å². The van der Waals surface area contributed by atoms with Crippen molar-refractivity contribution in [2.45, 2.75) is 0 Å². The summed E-state index contributed by atoms with van der Waals surface area (Å²) < 4.78 is 5.01. The molecule has 0 saturated carbocycles. The fourth-order valence-electron chi connectivity index (χ4n) is 1.05. The molecule has 1 N–H and O–H groups in total. The molecule has 0 radical (unpaired) electrons. The van der Waals surface area contributed by atoms with Crippen LogP contribution in [0, 0.1) is 0 Å². The highest BCUT2D eigenvalue weighted by Crippen LogP contribution is 1.91. The van der Waals surface area contributed by atoms with Gasteiger partial charge in [-0.1, -0.05) is 30.3 Å². The highest BCUT2D eigenvalue weighted by Gasteiger charge is 1.92. The van der Waals surface area contributed by atoms with Crippen molar-refractivity contribution in [3.8, 4) is 0 Å². The molecule has 3 nitrogen and oxygen atoms in total. The monoisotopic (exact) mass is 193 g/mol. The molecule has 0 spiro atoms. The standard InChI is InChI=1S/C7H6O.C4H9NO/c8-6-7-4-2-1-3-5-7;1-3-6-4-2-5-1/h1-6H;5H,1-4H2. The number of rotatable bonds is 1. The minimum Gasteiger partial charge on any atom is -0.379 e. The molecule has 0 atom stereocenters. The van der Waals surface area contributed by atoms with Gasteiger partial charge in [-0.05, 0) is 0 Å². The van der Waals surface area contributed by atoms with Crippen LogP contribution < -0.4 is 5.32 Å². The summed E-state index contributed by atoms with van der Waals surface area (Å²) in [5.74, 6) is 0. The molecule has 1 saturated heterocycles. The average molecular weight is 193 g/mol. The van der Waals surface area contributed by atoms with Gasteiger partial charge in [0.25, 0.3) is 0 Å². The highest BCUT2D eigenvalue weighted by atomic mass is 16.5. The third kappa shape index (κ3) is 4.74. The largest absolute Gasteiger partial charge is 0.379 e. The topological polar surface area (TPSA) is 38.3 Å². The van der Waals surface area contributed by atoms with Crippen LogP contribution >= 0.6 is 0 Å². The van der Waals surface area contributed by atoms with Gasteiger partial charge in [0.15, 0.2) is 0 Å². The van der Waals surface area contributed by atoms with E-state index in [0.717, 1.165) is 38.2 Å². The van der Waals surface area contributed by atoms with Crippen LogP contribution in [-0.4, -0.2) is 32.6 Å². The predicted octanol–water partition coefficient (Wildman–Crippen LogP) is 1.11. The van der Waals surface area contributed by atoms with Gasteiger partial charge in [-0.3, -0.25) is 4.79 Å². The molecular weight excluding hydrogens is 178 g/mol. The Hall–Kier alpha value is -1.19. The van der Waals surface area contributed by atoms with E-state index in [9.17, 15) is 4.79 Å². The molecule has 1 aliphatic rings. The summed E-state index contributed by atoms with van der Waals surface area (Å²) in [5.41, 5.74) is 0.729. The fourth-order valence-corrected chi connectivity index (χ4v) is 1.05. The van der Waals surface area contributed by atoms with E-state index in [1.807, 2.05) is 18.2 Å². The SMILES string of the molecule is C1COCCN1.O=Cc1ccccc1. The van der Waals surface area contributed by atoms with Gasteiger partial charge in [0, 0.05) is 18.7 Å². The number of hydrogen-bond donors (Lipinski definition) is 1. The molecule has 1 aromatic rings. The second-order valence-electron chi connectivity index (χ2n) is 2.89. The van der Waals surface area contributed by atoms with Crippen molar-refractivity contribution in [3.05, 3.63) is 35.9 Å². The molecule has 1 heterocycles. The number of ether oxygens (including phenoxy) is 1. The van der Waals surface area contributed by atoms with Crippen molar-refractivity contribution in [2.24, 2.45) is 0 Å². The van der Waals surface area contributed by atoms with Gasteiger partial charge in [-0.25, -0.2) is 0 Å². The molecule has 0 bridgehead atoms. The summed E-state index contributed by atoms with van der Waals surface area (Å²) in [6.07, 6.45) is 0.833. The lowest BCUT2D eigenvalue weighted by atomic mass is 10.2. The van der Waals surface area contributed by atoms with Crippen LogP contribution in [0.3, 0.4) is 0 Å². The summed E-state index contributed by atoms with van der Waals surface area (Å²) in [5, 5.41) is 3.16. The second-order valence-corrected chi connectivity index (χ2v) is 2.89. The maximum Gasteiger partial charge on any atom is 0.150 e. The first kappa shape index (κ1) is 10.9. The van der Waals surface area contributed by atoms with Crippen LogP contribution in [-0.2, 0) is 4.74 Å². The molecule has 14 heavy (non-hydrogen) atoms. The lowest BCUT2D eigenvalue weighted by Crippen LogP contribution is -2.30. The molecule has 0 unspecified atom stereocenters. The number of carbonyl (C=O) groups is 1. The summed E-state index contributed by atoms with van der Waals surface area (Å²) in [7, 11) is 0. The Kier molecular flexibility index (Phi) is 5.63. The Balaban J connectivity index is 0.000000146. The molecule has 3 heteroatoms. The number of carbonyl (C=O) groups excluding carboxylic acids is 1. The first-order valence-corrected chi connectivity index (χ1v) is 4.72. The molecule has 1 aliphatic heterocycles. The van der Waals surface area contributed by atoms with E-state index in [1.54, 1.807) is 12.1 Å². The molecular formula is C11H15NO2. The Morgan fingerprint density at radius 1 is 1.14 bits per heavy atom. The van der Waals surface area contributed by atoms with E-state index in [0.29, 0.717) is 0 Å². The van der Waals surface area contributed by atoms with E-state index in [2.05, 4.69) is 5.32 Å². The maximum atomic E-state index is 10.0. The zero-order chi connectivity index (χ0) is 10.1. The van der Waals surface area contributed by atoms with Gasteiger partial charge in [0.1, 0.15) is 6.29 Å². The number of hydrogen-bond acceptors (Lipinski definition) is 3. The fraction of sp³-hybridized carbons (Fsp3) is 0.364. The minimum atomic E-state index is 0.729. The maximum absolute atomic E-state index is 10.0. The highest BCUT2D eigenvalue weighted by molar-refractivity contribution is 5.74. The van der Waals surface area contributed by atoms with Gasteiger partial charge in [0.2, 0.25) is 0 Å². The Morgan fingerprint density at radius 3 is 2.07 bits per heavy atom. The van der Waals surface area contributed by atoms with Gasteiger partial charge in [-0.2, -0.15) is 0 Å². The normalized spacial score (nSPS) is 15.1. The quantitative estimate of drug-likeness (QED) is 0.679. The van der Waals surface area contributed by atoms with Gasteiger partial charge < -0.3 is 10.1 Å². The van der Waals surface area contributed by atoms with Crippen LogP contribution in [0.5, 0.6) is 0 Å². The van der Waals surface area contributed by atoms with Crippen molar-refractivity contribution < 1.29 is 9.53 Å². The zero-order valence-electron chi connectivity index (χ0n) is 8.11. The second kappa shape index (κ2) is 7.24. The molecule has 1 aromatic carbocycles. The van der Waals surface area contributed by atoms with Gasteiger partial charge in [0.05, 0.1) is 13.2 Å². The average Bonchev–Trinajstić information content (AvgIpc) is 2.33. The Morgan fingerprint density at radius 2 is 1.79 bits per heavy atom. The first-order valence-electron chi connectivity index (χ1n) is 4.72. The van der Waals surface area contributed by atoms with Gasteiger partial charge >= 0.3 is 0 Å². The van der Waals surface area contributed by atoms with E-state index < -0.39 is 0 Å². The van der Waals surface area contributed by atoms with Crippen molar-refractivity contribution in [1.82, 2.24) is 5.32 Å². The van der Waals surface area contributed by atoms with Crippen molar-refractivity contribution in [1.29, 1.82) is 0 Å². The van der Waals surface area contributed by atoms with E-state index >= 15 is 0 Å². The van der Waals surface area contributed by atoms with E-state index in [-0.39, 0.29) is 0 Å². The molecule has 0 aromatic heterocycles. The molecule has 0 aliphatic carbocycles. The van der Waals surface area contributed by atoms with Crippen LogP contribution in [0.1, 0.15) is 10.4 Å². The summed E-state index contributed by atoms with van der Waals surface area (Å²) in [6, 6.07) is 9.10. The van der Waals surface area contributed by atoms with E-state index in [1.165, 1.54) is 0 Å². The molecule has 0 amide bonds. The lowest BCUT2D eigenvalue weighted by Gasteiger charge is -2.10. The van der Waals surface area contributed by atoms with Crippen LogP contribution in [0.2, 0.25) is 0 Å². The third-order valence-corrected chi connectivity index (χ3v) is 1.78. The van der Waals surface area contributed by atoms with E-state index in [4.69, 9.17) is 4.74 Å². The molecule has 76 valence electrons. The molecule has 1 fully saturated rings. The van der Waals surface area contributed by atoms with Crippen LogP contribution in [0.25, 0.3) is 0 Å². The first-order chi connectivity index (χ1) is 6.93.